The molecule has 1 fully saturated rings. The van der Waals surface area contributed by atoms with Crippen molar-refractivity contribution in [3.8, 4) is 11.5 Å². The maximum absolute atomic E-state index is 12.2. The molecule has 10 heteroatoms. The molecule has 0 unspecified atom stereocenters. The highest BCUT2D eigenvalue weighted by Crippen LogP contribution is 2.34. The molecular formula is C16H18N4O5S. The van der Waals surface area contributed by atoms with Gasteiger partial charge in [-0.05, 0) is 25.0 Å². The Kier molecular flexibility index (Phi) is 4.85. The molecule has 0 bridgehead atoms. The van der Waals surface area contributed by atoms with E-state index in [1.165, 1.54) is 16.3 Å². The maximum atomic E-state index is 12.2. The van der Waals surface area contributed by atoms with Crippen LogP contribution in [0.15, 0.2) is 28.2 Å². The minimum atomic E-state index is -0.292. The zero-order valence-corrected chi connectivity index (χ0v) is 14.7. The van der Waals surface area contributed by atoms with E-state index in [0.29, 0.717) is 28.9 Å². The number of fused-ring (bicyclic) bond motifs is 1. The van der Waals surface area contributed by atoms with E-state index in [0.717, 1.165) is 19.4 Å². The fourth-order valence-corrected chi connectivity index (χ4v) is 3.62. The highest BCUT2D eigenvalue weighted by molar-refractivity contribution is 7.99. The van der Waals surface area contributed by atoms with Crippen LogP contribution in [0.4, 0.5) is 5.69 Å². The van der Waals surface area contributed by atoms with Crippen molar-refractivity contribution in [3.05, 3.63) is 28.7 Å². The second-order valence-electron chi connectivity index (χ2n) is 5.96. The Morgan fingerprint density at radius 1 is 1.38 bits per heavy atom. The van der Waals surface area contributed by atoms with Gasteiger partial charge in [-0.3, -0.25) is 9.36 Å². The largest absolute Gasteiger partial charge is 0.454 e. The normalized spacial score (nSPS) is 18.2. The lowest BCUT2D eigenvalue weighted by Gasteiger charge is -2.11. The van der Waals surface area contributed by atoms with Crippen molar-refractivity contribution >= 4 is 23.4 Å². The molecule has 2 aromatic rings. The zero-order valence-electron chi connectivity index (χ0n) is 13.9. The van der Waals surface area contributed by atoms with Crippen molar-refractivity contribution in [3.63, 3.8) is 0 Å². The molecule has 2 aliphatic heterocycles. The molecule has 26 heavy (non-hydrogen) atoms. The van der Waals surface area contributed by atoms with E-state index in [4.69, 9.17) is 14.2 Å². The lowest BCUT2D eigenvalue weighted by Crippen LogP contribution is -2.25. The van der Waals surface area contributed by atoms with Crippen molar-refractivity contribution in [2.45, 2.75) is 30.6 Å². The summed E-state index contributed by atoms with van der Waals surface area (Å²) < 4.78 is 17.6. The second-order valence-corrected chi connectivity index (χ2v) is 6.90. The van der Waals surface area contributed by atoms with Crippen LogP contribution in [0.25, 0.3) is 0 Å². The molecule has 0 saturated carbocycles. The molecule has 3 heterocycles. The van der Waals surface area contributed by atoms with Crippen molar-refractivity contribution in [2.24, 2.45) is 0 Å². The number of aromatic amines is 1. The van der Waals surface area contributed by atoms with Crippen LogP contribution in [0, 0.1) is 0 Å². The van der Waals surface area contributed by atoms with Gasteiger partial charge in [0.05, 0.1) is 18.4 Å². The van der Waals surface area contributed by atoms with Crippen molar-refractivity contribution < 1.29 is 19.0 Å². The molecule has 2 aliphatic rings. The molecule has 1 aromatic heterocycles. The van der Waals surface area contributed by atoms with Gasteiger partial charge in [0.15, 0.2) is 16.7 Å². The van der Waals surface area contributed by atoms with Gasteiger partial charge in [0.25, 0.3) is 0 Å². The molecule has 4 rings (SSSR count). The van der Waals surface area contributed by atoms with Crippen LogP contribution in [0.5, 0.6) is 11.5 Å². The number of benzene rings is 1. The third-order valence-corrected chi connectivity index (χ3v) is 5.10. The van der Waals surface area contributed by atoms with Crippen LogP contribution < -0.4 is 20.5 Å². The van der Waals surface area contributed by atoms with E-state index in [1.807, 2.05) is 0 Å². The standard InChI is InChI=1S/C16H18N4O5S/c21-14(17-10-3-4-12-13(6-10)25-9-24-12)8-26-16-19-18-15(22)20(16)7-11-2-1-5-23-11/h3-4,6,11H,1-2,5,7-9H2,(H,17,21)(H,18,22)/t11-/m0/s1. The van der Waals surface area contributed by atoms with Gasteiger partial charge in [-0.25, -0.2) is 9.89 Å². The maximum Gasteiger partial charge on any atom is 0.344 e. The Hall–Kier alpha value is -2.46. The number of anilines is 1. The molecule has 1 saturated heterocycles. The summed E-state index contributed by atoms with van der Waals surface area (Å²) in [6.07, 6.45) is 1.94. The first kappa shape index (κ1) is 17.0. The van der Waals surface area contributed by atoms with Crippen LogP contribution in [0.2, 0.25) is 0 Å². The number of hydrogen-bond acceptors (Lipinski definition) is 7. The smallest absolute Gasteiger partial charge is 0.344 e. The van der Waals surface area contributed by atoms with Gasteiger partial charge < -0.3 is 19.5 Å². The Bertz CT molecular complexity index is 859. The molecule has 1 aromatic carbocycles. The monoisotopic (exact) mass is 378 g/mol. The third kappa shape index (κ3) is 3.70. The summed E-state index contributed by atoms with van der Waals surface area (Å²) in [5, 5.41) is 9.71. The van der Waals surface area contributed by atoms with E-state index < -0.39 is 0 Å². The van der Waals surface area contributed by atoms with Crippen molar-refractivity contribution in [1.82, 2.24) is 14.8 Å². The predicted octanol–water partition coefficient (Wildman–Crippen LogP) is 1.21. The minimum Gasteiger partial charge on any atom is -0.454 e. The number of nitrogens with zero attached hydrogens (tertiary/aromatic N) is 2. The molecule has 2 N–H and O–H groups in total. The third-order valence-electron chi connectivity index (χ3n) is 4.12. The van der Waals surface area contributed by atoms with Crippen LogP contribution >= 0.6 is 11.8 Å². The topological polar surface area (TPSA) is 107 Å². The predicted molar refractivity (Wildman–Crippen MR) is 93.7 cm³/mol. The summed E-state index contributed by atoms with van der Waals surface area (Å²) in [6, 6.07) is 5.21. The van der Waals surface area contributed by atoms with Gasteiger partial charge in [0.1, 0.15) is 0 Å². The van der Waals surface area contributed by atoms with Gasteiger partial charge in [-0.2, -0.15) is 0 Å². The summed E-state index contributed by atoms with van der Waals surface area (Å²) in [5.74, 6) is 1.19. The molecule has 1 atom stereocenters. The number of carbonyl (C=O) groups excluding carboxylic acids is 1. The Balaban J connectivity index is 1.35. The number of nitrogens with one attached hydrogen (secondary N) is 2. The molecule has 0 spiro atoms. The van der Waals surface area contributed by atoms with E-state index in [9.17, 15) is 9.59 Å². The van der Waals surface area contributed by atoms with E-state index >= 15 is 0 Å². The molecule has 1 amide bonds. The first-order chi connectivity index (χ1) is 12.7. The Labute approximate surface area is 153 Å². The van der Waals surface area contributed by atoms with Crippen LogP contribution in [0.1, 0.15) is 12.8 Å². The molecular weight excluding hydrogens is 360 g/mol. The van der Waals surface area contributed by atoms with Gasteiger partial charge in [-0.15, -0.1) is 5.10 Å². The van der Waals surface area contributed by atoms with Crippen LogP contribution in [0.3, 0.4) is 0 Å². The summed E-state index contributed by atoms with van der Waals surface area (Å²) in [7, 11) is 0. The van der Waals surface area contributed by atoms with E-state index in [1.54, 1.807) is 18.2 Å². The number of H-pyrrole nitrogens is 1. The molecule has 138 valence electrons. The number of hydrogen-bond donors (Lipinski definition) is 2. The summed E-state index contributed by atoms with van der Waals surface area (Å²) in [4.78, 5) is 24.1. The van der Waals surface area contributed by atoms with Gasteiger partial charge in [0, 0.05) is 18.4 Å². The van der Waals surface area contributed by atoms with E-state index in [-0.39, 0.29) is 30.2 Å². The van der Waals surface area contributed by atoms with Crippen molar-refractivity contribution in [1.29, 1.82) is 0 Å². The second kappa shape index (κ2) is 7.42. The Morgan fingerprint density at radius 3 is 3.12 bits per heavy atom. The number of ether oxygens (including phenoxy) is 3. The molecule has 9 nitrogen and oxygen atoms in total. The fraction of sp³-hybridized carbons (Fsp3) is 0.438. The van der Waals surface area contributed by atoms with E-state index in [2.05, 4.69) is 15.5 Å². The first-order valence-electron chi connectivity index (χ1n) is 8.28. The average molecular weight is 378 g/mol. The number of aromatic nitrogens is 3. The highest BCUT2D eigenvalue weighted by Gasteiger charge is 2.20. The summed E-state index contributed by atoms with van der Waals surface area (Å²) in [6.45, 7) is 1.35. The zero-order chi connectivity index (χ0) is 17.9. The quantitative estimate of drug-likeness (QED) is 0.728. The number of rotatable bonds is 6. The fourth-order valence-electron chi connectivity index (χ4n) is 2.87. The van der Waals surface area contributed by atoms with Crippen LogP contribution in [-0.2, 0) is 16.1 Å². The average Bonchev–Trinajstić information content (AvgIpc) is 3.36. The summed E-state index contributed by atoms with van der Waals surface area (Å²) >= 11 is 1.20. The lowest BCUT2D eigenvalue weighted by atomic mass is 10.2. The number of thioether (sulfide) groups is 1. The molecule has 0 aliphatic carbocycles. The van der Waals surface area contributed by atoms with Crippen molar-refractivity contribution in [2.75, 3.05) is 24.5 Å². The number of carbonyl (C=O) groups is 1. The minimum absolute atomic E-state index is 0.0205. The highest BCUT2D eigenvalue weighted by atomic mass is 32.2. The molecule has 0 radical (unpaired) electrons. The number of amides is 1. The SMILES string of the molecule is O=C(CSc1n[nH]c(=O)n1C[C@@H]1CCCO1)Nc1ccc2c(c1)OCO2. The lowest BCUT2D eigenvalue weighted by molar-refractivity contribution is -0.113. The summed E-state index contributed by atoms with van der Waals surface area (Å²) in [5.41, 5.74) is 0.331. The van der Waals surface area contributed by atoms with Crippen LogP contribution in [-0.4, -0.2) is 45.9 Å². The van der Waals surface area contributed by atoms with Gasteiger partial charge in [-0.1, -0.05) is 11.8 Å². The van der Waals surface area contributed by atoms with Gasteiger partial charge >= 0.3 is 5.69 Å². The van der Waals surface area contributed by atoms with Gasteiger partial charge in [0.2, 0.25) is 12.7 Å². The first-order valence-corrected chi connectivity index (χ1v) is 9.27. The Morgan fingerprint density at radius 2 is 2.27 bits per heavy atom.